The molecule has 0 fully saturated rings. The summed E-state index contributed by atoms with van der Waals surface area (Å²) in [5.74, 6) is 1.05. The predicted molar refractivity (Wildman–Crippen MR) is 162 cm³/mol. The fourth-order valence-electron chi connectivity index (χ4n) is 4.79. The van der Waals surface area contributed by atoms with Gasteiger partial charge in [-0.15, -0.1) is 0 Å². The molecule has 0 spiro atoms. The lowest BCUT2D eigenvalue weighted by Crippen LogP contribution is -2.40. The van der Waals surface area contributed by atoms with Crippen LogP contribution in [0.5, 0.6) is 17.2 Å². The second-order valence-electron chi connectivity index (χ2n) is 9.37. The van der Waals surface area contributed by atoms with Crippen LogP contribution in [-0.4, -0.2) is 31.4 Å². The summed E-state index contributed by atoms with van der Waals surface area (Å²) in [6, 6.07) is 19.6. The average molecular weight is 605 g/mol. The summed E-state index contributed by atoms with van der Waals surface area (Å²) >= 11 is 7.58. The molecule has 0 amide bonds. The van der Waals surface area contributed by atoms with Crippen molar-refractivity contribution in [2.75, 3.05) is 20.8 Å². The molecule has 0 radical (unpaired) electrons. The molecule has 0 saturated carbocycles. The van der Waals surface area contributed by atoms with Gasteiger partial charge in [-0.05, 0) is 61.4 Å². The first-order chi connectivity index (χ1) is 20.3. The third kappa shape index (κ3) is 5.84. The molecule has 8 nitrogen and oxygen atoms in total. The number of aromatic nitrogens is 1. The van der Waals surface area contributed by atoms with Crippen molar-refractivity contribution < 1.29 is 23.7 Å². The molecule has 0 bridgehead atoms. The number of methoxy groups -OCH3 is 2. The molecular formula is C32H29ClN2O6S. The van der Waals surface area contributed by atoms with E-state index in [1.165, 1.54) is 30.1 Å². The van der Waals surface area contributed by atoms with Gasteiger partial charge in [0.15, 0.2) is 16.3 Å². The Bertz CT molecular complexity index is 1840. The molecule has 1 atom stereocenters. The summed E-state index contributed by atoms with van der Waals surface area (Å²) in [5, 5.41) is 0.435. The van der Waals surface area contributed by atoms with Crippen molar-refractivity contribution in [3.05, 3.63) is 119 Å². The zero-order valence-corrected chi connectivity index (χ0v) is 25.1. The fraction of sp³-hybridized carbons (Fsp3) is 0.219. The SMILES string of the molecule is CCOc1cc(/C=c2\sc3n(c2=O)[C@H](c2cc(Cl)ccc2OC)C(C(=O)OC)=C(C)N=3)ccc1OCc1ccccc1. The summed E-state index contributed by atoms with van der Waals surface area (Å²) in [5.41, 5.74) is 2.69. The van der Waals surface area contributed by atoms with Crippen molar-refractivity contribution in [2.45, 2.75) is 26.5 Å². The van der Waals surface area contributed by atoms with Crippen LogP contribution < -0.4 is 29.1 Å². The second-order valence-corrected chi connectivity index (χ2v) is 10.8. The zero-order valence-electron chi connectivity index (χ0n) is 23.5. The Morgan fingerprint density at radius 1 is 1.02 bits per heavy atom. The molecule has 2 heterocycles. The lowest BCUT2D eigenvalue weighted by atomic mass is 9.95. The molecule has 0 unspecified atom stereocenters. The van der Waals surface area contributed by atoms with Gasteiger partial charge in [0.1, 0.15) is 18.4 Å². The van der Waals surface area contributed by atoms with Gasteiger partial charge >= 0.3 is 5.97 Å². The monoisotopic (exact) mass is 604 g/mol. The third-order valence-electron chi connectivity index (χ3n) is 6.72. The van der Waals surface area contributed by atoms with Gasteiger partial charge in [-0.25, -0.2) is 9.79 Å². The maximum absolute atomic E-state index is 14.0. The van der Waals surface area contributed by atoms with Gasteiger partial charge in [0, 0.05) is 10.6 Å². The Labute approximate surface area is 251 Å². The molecule has 1 aliphatic rings. The first-order valence-electron chi connectivity index (χ1n) is 13.2. The van der Waals surface area contributed by atoms with E-state index in [9.17, 15) is 9.59 Å². The number of ether oxygens (including phenoxy) is 4. The molecule has 10 heteroatoms. The highest BCUT2D eigenvalue weighted by Crippen LogP contribution is 2.37. The molecule has 0 saturated heterocycles. The average Bonchev–Trinajstić information content (AvgIpc) is 3.30. The molecular weight excluding hydrogens is 576 g/mol. The largest absolute Gasteiger partial charge is 0.496 e. The molecule has 4 aromatic rings. The number of hydrogen-bond acceptors (Lipinski definition) is 8. The topological polar surface area (TPSA) is 88.4 Å². The number of halogens is 1. The normalized spacial score (nSPS) is 14.7. The van der Waals surface area contributed by atoms with E-state index in [-0.39, 0.29) is 11.1 Å². The Kier molecular flexibility index (Phi) is 8.80. The molecule has 42 heavy (non-hydrogen) atoms. The maximum Gasteiger partial charge on any atom is 0.338 e. The van der Waals surface area contributed by atoms with Crippen molar-refractivity contribution in [1.82, 2.24) is 4.57 Å². The number of fused-ring (bicyclic) bond motifs is 1. The highest BCUT2D eigenvalue weighted by molar-refractivity contribution is 7.07. The van der Waals surface area contributed by atoms with Crippen molar-refractivity contribution in [3.63, 3.8) is 0 Å². The molecule has 0 N–H and O–H groups in total. The Balaban J connectivity index is 1.60. The van der Waals surface area contributed by atoms with Gasteiger partial charge in [0.25, 0.3) is 5.56 Å². The molecule has 216 valence electrons. The number of carbonyl (C=O) groups excluding carboxylic acids is 1. The number of allylic oxidation sites excluding steroid dienone is 1. The number of thiazole rings is 1. The minimum absolute atomic E-state index is 0.232. The quantitative estimate of drug-likeness (QED) is 0.249. The standard InChI is InChI=1S/C32H29ClN2O6S/c1-5-40-26-15-21(11-13-25(26)41-18-20-9-7-6-8-10-20)16-27-30(36)35-29(23-17-22(33)12-14-24(23)38-3)28(31(37)39-4)19(2)34-32(35)42-27/h6-17,29H,5,18H2,1-4H3/b27-16-/t29-/m1/s1. The summed E-state index contributed by atoms with van der Waals surface area (Å²) in [6.07, 6.45) is 1.77. The van der Waals surface area contributed by atoms with Gasteiger partial charge in [-0.3, -0.25) is 9.36 Å². The molecule has 1 aliphatic heterocycles. The first kappa shape index (κ1) is 29.2. The van der Waals surface area contributed by atoms with E-state index in [2.05, 4.69) is 4.99 Å². The van der Waals surface area contributed by atoms with Gasteiger partial charge in [0.05, 0.1) is 36.6 Å². The van der Waals surface area contributed by atoms with Crippen molar-refractivity contribution in [2.24, 2.45) is 4.99 Å². The summed E-state index contributed by atoms with van der Waals surface area (Å²) in [7, 11) is 2.82. The second kappa shape index (κ2) is 12.7. The summed E-state index contributed by atoms with van der Waals surface area (Å²) in [4.78, 5) is 32.0. The molecule has 1 aromatic heterocycles. The van der Waals surface area contributed by atoms with Crippen LogP contribution >= 0.6 is 22.9 Å². The van der Waals surface area contributed by atoms with Crippen LogP contribution in [0.25, 0.3) is 6.08 Å². The minimum Gasteiger partial charge on any atom is -0.496 e. The van der Waals surface area contributed by atoms with Gasteiger partial charge in [-0.1, -0.05) is 59.3 Å². The minimum atomic E-state index is -0.850. The smallest absolute Gasteiger partial charge is 0.338 e. The van der Waals surface area contributed by atoms with Crippen LogP contribution in [0.3, 0.4) is 0 Å². The van der Waals surface area contributed by atoms with Gasteiger partial charge in [-0.2, -0.15) is 0 Å². The van der Waals surface area contributed by atoms with E-state index in [0.29, 0.717) is 56.1 Å². The molecule has 0 aliphatic carbocycles. The van der Waals surface area contributed by atoms with E-state index >= 15 is 0 Å². The van der Waals surface area contributed by atoms with Crippen molar-refractivity contribution in [1.29, 1.82) is 0 Å². The third-order valence-corrected chi connectivity index (χ3v) is 7.93. The van der Waals surface area contributed by atoms with E-state index < -0.39 is 12.0 Å². The summed E-state index contributed by atoms with van der Waals surface area (Å²) in [6.45, 7) is 4.46. The number of nitrogens with zero attached hydrogens (tertiary/aromatic N) is 2. The maximum atomic E-state index is 14.0. The van der Waals surface area contributed by atoms with E-state index in [1.807, 2.05) is 55.5 Å². The van der Waals surface area contributed by atoms with E-state index in [0.717, 1.165) is 11.1 Å². The summed E-state index contributed by atoms with van der Waals surface area (Å²) < 4.78 is 24.5. The Morgan fingerprint density at radius 3 is 2.50 bits per heavy atom. The lowest BCUT2D eigenvalue weighted by molar-refractivity contribution is -0.136. The van der Waals surface area contributed by atoms with Crippen LogP contribution in [-0.2, 0) is 16.1 Å². The lowest BCUT2D eigenvalue weighted by Gasteiger charge is -2.25. The van der Waals surface area contributed by atoms with E-state index in [4.69, 9.17) is 30.5 Å². The van der Waals surface area contributed by atoms with Gasteiger partial charge < -0.3 is 18.9 Å². The molecule has 3 aromatic carbocycles. The van der Waals surface area contributed by atoms with E-state index in [1.54, 1.807) is 31.2 Å². The number of hydrogen-bond donors (Lipinski definition) is 0. The highest BCUT2D eigenvalue weighted by Gasteiger charge is 2.35. The van der Waals surface area contributed by atoms with Crippen LogP contribution in [0.1, 0.15) is 36.6 Å². The number of esters is 1. The highest BCUT2D eigenvalue weighted by atomic mass is 35.5. The Hall–Kier alpha value is -4.34. The van der Waals surface area contributed by atoms with Gasteiger partial charge in [0.2, 0.25) is 0 Å². The zero-order chi connectivity index (χ0) is 29.8. The molecule has 5 rings (SSSR count). The Morgan fingerprint density at radius 2 is 1.79 bits per heavy atom. The number of carbonyl (C=O) groups is 1. The van der Waals surface area contributed by atoms with Crippen LogP contribution in [0.15, 0.2) is 87.8 Å². The van der Waals surface area contributed by atoms with Crippen LogP contribution in [0.4, 0.5) is 0 Å². The first-order valence-corrected chi connectivity index (χ1v) is 14.4. The fourth-order valence-corrected chi connectivity index (χ4v) is 6.02. The predicted octanol–water partition coefficient (Wildman–Crippen LogP) is 5.05. The van der Waals surface area contributed by atoms with Crippen molar-refractivity contribution in [3.8, 4) is 17.2 Å². The van der Waals surface area contributed by atoms with Crippen LogP contribution in [0, 0.1) is 0 Å². The number of rotatable bonds is 9. The number of benzene rings is 3. The van der Waals surface area contributed by atoms with Crippen LogP contribution in [0.2, 0.25) is 5.02 Å². The van der Waals surface area contributed by atoms with Crippen molar-refractivity contribution >= 4 is 35.0 Å².